The summed E-state index contributed by atoms with van der Waals surface area (Å²) in [7, 11) is 4.11. The van der Waals surface area contributed by atoms with Gasteiger partial charge in [-0.25, -0.2) is 0 Å². The zero-order valence-electron chi connectivity index (χ0n) is 13.0. The van der Waals surface area contributed by atoms with Crippen molar-refractivity contribution in [2.45, 2.75) is 51.8 Å². The number of carbonyl (C=O) groups is 1. The first-order valence-electron chi connectivity index (χ1n) is 7.23. The first kappa shape index (κ1) is 17.8. The molecule has 1 atom stereocenters. The summed E-state index contributed by atoms with van der Waals surface area (Å²) >= 11 is 1.97. The van der Waals surface area contributed by atoms with Gasteiger partial charge >= 0.3 is 0 Å². The summed E-state index contributed by atoms with van der Waals surface area (Å²) in [6.07, 6.45) is 3.08. The molecule has 0 aromatic heterocycles. The summed E-state index contributed by atoms with van der Waals surface area (Å²) in [5, 5.41) is 0. The van der Waals surface area contributed by atoms with Crippen LogP contribution in [0, 0.1) is 0 Å². The van der Waals surface area contributed by atoms with E-state index in [1.165, 1.54) is 13.0 Å². The molecule has 2 fully saturated rings. The first-order valence-corrected chi connectivity index (χ1v) is 8.22. The Labute approximate surface area is 117 Å². The molecule has 1 amide bonds. The second-order valence-corrected chi connectivity index (χ2v) is 5.80. The van der Waals surface area contributed by atoms with Crippen LogP contribution in [0.2, 0.25) is 0 Å². The molecule has 3 nitrogen and oxygen atoms in total. The van der Waals surface area contributed by atoms with Gasteiger partial charge in [-0.1, -0.05) is 27.7 Å². The number of hydrogen-bond acceptors (Lipinski definition) is 3. The third-order valence-electron chi connectivity index (χ3n) is 3.30. The third kappa shape index (κ3) is 4.16. The highest BCUT2D eigenvalue weighted by Crippen LogP contribution is 2.40. The van der Waals surface area contributed by atoms with Gasteiger partial charge in [-0.05, 0) is 26.4 Å². The van der Waals surface area contributed by atoms with E-state index in [1.807, 2.05) is 51.4 Å². The van der Waals surface area contributed by atoms with Gasteiger partial charge in [0.15, 0.2) is 0 Å². The van der Waals surface area contributed by atoms with Gasteiger partial charge in [0.2, 0.25) is 5.91 Å². The van der Waals surface area contributed by atoms with Crippen molar-refractivity contribution >= 4 is 17.7 Å². The van der Waals surface area contributed by atoms with E-state index in [0.29, 0.717) is 12.3 Å². The fraction of sp³-hybridized carbons (Fsp3) is 0.929. The highest BCUT2D eigenvalue weighted by Gasteiger charge is 2.43. The largest absolute Gasteiger partial charge is 0.330 e. The van der Waals surface area contributed by atoms with Crippen LogP contribution in [0.3, 0.4) is 0 Å². The Hall–Kier alpha value is -0.220. The molecule has 18 heavy (non-hydrogen) atoms. The number of nitrogens with zero attached hydrogens (tertiary/aromatic N) is 2. The van der Waals surface area contributed by atoms with Gasteiger partial charge in [-0.2, -0.15) is 0 Å². The molecule has 2 heterocycles. The predicted octanol–water partition coefficient (Wildman–Crippen LogP) is 3.06. The maximum atomic E-state index is 11.7. The molecule has 0 radical (unpaired) electrons. The van der Waals surface area contributed by atoms with E-state index in [2.05, 4.69) is 11.9 Å². The molecule has 0 N–H and O–H groups in total. The molecule has 0 bridgehead atoms. The van der Waals surface area contributed by atoms with Gasteiger partial charge < -0.3 is 9.80 Å². The van der Waals surface area contributed by atoms with Crippen LogP contribution >= 0.6 is 11.8 Å². The predicted molar refractivity (Wildman–Crippen MR) is 82.0 cm³/mol. The minimum atomic E-state index is 0.0856. The van der Waals surface area contributed by atoms with Crippen LogP contribution in [-0.2, 0) is 4.79 Å². The topological polar surface area (TPSA) is 23.6 Å². The van der Waals surface area contributed by atoms with Crippen molar-refractivity contribution in [3.05, 3.63) is 0 Å². The van der Waals surface area contributed by atoms with Gasteiger partial charge in [0.1, 0.15) is 4.87 Å². The molecule has 1 unspecified atom stereocenters. The molecule has 4 heteroatoms. The number of thioether (sulfide) groups is 1. The Kier molecular flexibility index (Phi) is 8.70. The monoisotopic (exact) mass is 274 g/mol. The second kappa shape index (κ2) is 8.81. The number of carbonyl (C=O) groups excluding carboxylic acids is 1. The number of hydrogen-bond donors (Lipinski definition) is 0. The number of rotatable bonds is 0. The van der Waals surface area contributed by atoms with Crippen molar-refractivity contribution in [2.75, 3.05) is 32.9 Å². The summed E-state index contributed by atoms with van der Waals surface area (Å²) in [5.41, 5.74) is 0. The van der Waals surface area contributed by atoms with E-state index < -0.39 is 0 Å². The Morgan fingerprint density at radius 1 is 1.17 bits per heavy atom. The normalized spacial score (nSPS) is 28.1. The average molecular weight is 274 g/mol. The Morgan fingerprint density at radius 3 is 2.33 bits per heavy atom. The third-order valence-corrected chi connectivity index (χ3v) is 4.85. The minimum Gasteiger partial charge on any atom is -0.330 e. The second-order valence-electron chi connectivity index (χ2n) is 4.34. The quantitative estimate of drug-likeness (QED) is 0.678. The van der Waals surface area contributed by atoms with Gasteiger partial charge in [0, 0.05) is 25.8 Å². The summed E-state index contributed by atoms with van der Waals surface area (Å²) in [6.45, 7) is 10.2. The number of likely N-dealkylation sites (N-methyl/N-ethyl adjacent to an activating group) is 2. The number of likely N-dealkylation sites (tertiary alicyclic amines) is 1. The van der Waals surface area contributed by atoms with Crippen LogP contribution < -0.4 is 0 Å². The average Bonchev–Trinajstić information content (AvgIpc) is 2.41. The van der Waals surface area contributed by atoms with Crippen LogP contribution in [0.4, 0.5) is 0 Å². The maximum Gasteiger partial charge on any atom is 0.224 e. The van der Waals surface area contributed by atoms with Crippen molar-refractivity contribution in [1.82, 2.24) is 9.80 Å². The number of piperidine rings is 1. The molecule has 0 saturated carbocycles. The fourth-order valence-corrected chi connectivity index (χ4v) is 3.97. The lowest BCUT2D eigenvalue weighted by atomic mass is 10.0. The van der Waals surface area contributed by atoms with E-state index in [1.54, 1.807) is 0 Å². The van der Waals surface area contributed by atoms with E-state index in [9.17, 15) is 4.79 Å². The molecular weight excluding hydrogens is 244 g/mol. The summed E-state index contributed by atoms with van der Waals surface area (Å²) in [5.74, 6) is 1.32. The standard InChI is InChI=1S/C10H18N2OS.2C2H6/c1-11-6-3-5-10(8-11)12(2)9(13)4-7-14-10;2*1-2/h3-8H2,1-2H3;2*1-2H3. The highest BCUT2D eigenvalue weighted by atomic mass is 32.2. The van der Waals surface area contributed by atoms with Crippen molar-refractivity contribution in [3.63, 3.8) is 0 Å². The van der Waals surface area contributed by atoms with Crippen LogP contribution in [0.15, 0.2) is 0 Å². The molecule has 0 aliphatic carbocycles. The lowest BCUT2D eigenvalue weighted by Crippen LogP contribution is -2.58. The molecular formula is C14H30N2OS. The van der Waals surface area contributed by atoms with Crippen molar-refractivity contribution < 1.29 is 4.79 Å². The number of amides is 1. The zero-order valence-corrected chi connectivity index (χ0v) is 13.8. The molecule has 2 aliphatic rings. The molecule has 2 rings (SSSR count). The van der Waals surface area contributed by atoms with Crippen molar-refractivity contribution in [3.8, 4) is 0 Å². The van der Waals surface area contributed by atoms with Crippen LogP contribution in [0.5, 0.6) is 0 Å². The zero-order chi connectivity index (χ0) is 14.2. The Bertz CT molecular complexity index is 244. The molecule has 108 valence electrons. The van der Waals surface area contributed by atoms with Crippen LogP contribution in [0.1, 0.15) is 47.0 Å². The summed E-state index contributed by atoms with van der Waals surface area (Å²) in [4.78, 5) is 16.1. The van der Waals surface area contributed by atoms with Gasteiger partial charge in [-0.3, -0.25) is 4.79 Å². The molecule has 1 spiro atoms. The lowest BCUT2D eigenvalue weighted by molar-refractivity contribution is -0.134. The van der Waals surface area contributed by atoms with E-state index in [0.717, 1.165) is 18.7 Å². The molecule has 0 aromatic rings. The minimum absolute atomic E-state index is 0.0856. The molecule has 2 saturated heterocycles. The summed E-state index contributed by atoms with van der Waals surface area (Å²) < 4.78 is 0. The van der Waals surface area contributed by atoms with E-state index >= 15 is 0 Å². The van der Waals surface area contributed by atoms with Crippen LogP contribution in [0.25, 0.3) is 0 Å². The Morgan fingerprint density at radius 2 is 1.78 bits per heavy atom. The van der Waals surface area contributed by atoms with E-state index in [-0.39, 0.29) is 4.87 Å². The van der Waals surface area contributed by atoms with Crippen molar-refractivity contribution in [2.24, 2.45) is 0 Å². The van der Waals surface area contributed by atoms with E-state index in [4.69, 9.17) is 0 Å². The lowest BCUT2D eigenvalue weighted by Gasteiger charge is -2.49. The maximum absolute atomic E-state index is 11.7. The van der Waals surface area contributed by atoms with Gasteiger partial charge in [0.05, 0.1) is 0 Å². The summed E-state index contributed by atoms with van der Waals surface area (Å²) in [6, 6.07) is 0. The fourth-order valence-electron chi connectivity index (χ4n) is 2.42. The SMILES string of the molecule is CC.CC.CN1CCCC2(C1)SCCC(=O)N2C. The van der Waals surface area contributed by atoms with Gasteiger partial charge in [-0.15, -0.1) is 11.8 Å². The van der Waals surface area contributed by atoms with Crippen LogP contribution in [-0.4, -0.2) is 53.5 Å². The molecule has 0 aromatic carbocycles. The smallest absolute Gasteiger partial charge is 0.224 e. The Balaban J connectivity index is 0.000000659. The first-order chi connectivity index (χ1) is 8.64. The van der Waals surface area contributed by atoms with Gasteiger partial charge in [0.25, 0.3) is 0 Å². The highest BCUT2D eigenvalue weighted by molar-refractivity contribution is 8.00. The van der Waals surface area contributed by atoms with Crippen molar-refractivity contribution in [1.29, 1.82) is 0 Å². The molecule has 2 aliphatic heterocycles.